The summed E-state index contributed by atoms with van der Waals surface area (Å²) in [4.78, 5) is 29.8. The lowest BCUT2D eigenvalue weighted by Gasteiger charge is -2.31. The lowest BCUT2D eigenvalue weighted by Crippen LogP contribution is -2.47. The zero-order chi connectivity index (χ0) is 15.0. The summed E-state index contributed by atoms with van der Waals surface area (Å²) in [6, 6.07) is 7.62. The van der Waals surface area contributed by atoms with Gasteiger partial charge in [-0.2, -0.15) is 0 Å². The Bertz CT molecular complexity index is 613. The molecule has 1 heterocycles. The van der Waals surface area contributed by atoms with Gasteiger partial charge in [0.1, 0.15) is 17.9 Å². The number of rotatable bonds is 3. The normalized spacial score (nSPS) is 20.1. The summed E-state index contributed by atoms with van der Waals surface area (Å²) in [7, 11) is 0. The Balaban J connectivity index is 1.99. The predicted molar refractivity (Wildman–Crippen MR) is 78.3 cm³/mol. The summed E-state index contributed by atoms with van der Waals surface area (Å²) >= 11 is 0. The first-order chi connectivity index (χ1) is 10.0. The van der Waals surface area contributed by atoms with Gasteiger partial charge < -0.3 is 10.0 Å². The van der Waals surface area contributed by atoms with Gasteiger partial charge in [0.15, 0.2) is 0 Å². The maximum absolute atomic E-state index is 12.6. The van der Waals surface area contributed by atoms with E-state index in [0.29, 0.717) is 5.71 Å². The zero-order valence-electron chi connectivity index (χ0n) is 12.0. The van der Waals surface area contributed by atoms with Crippen molar-refractivity contribution in [1.29, 1.82) is 0 Å². The second kappa shape index (κ2) is 4.98. The molecule has 5 heteroatoms. The molecule has 0 saturated heterocycles. The number of benzene rings is 1. The molecule has 5 nitrogen and oxygen atoms in total. The van der Waals surface area contributed by atoms with E-state index in [2.05, 4.69) is 4.99 Å². The van der Waals surface area contributed by atoms with Crippen molar-refractivity contribution in [3.05, 3.63) is 35.4 Å². The number of aliphatic carboxylic acids is 1. The number of carbonyl (C=O) groups is 2. The van der Waals surface area contributed by atoms with Crippen molar-refractivity contribution in [2.24, 2.45) is 4.99 Å². The standard InChI is InChI=1S/C16H18N2O3/c1-11-4-6-12(7-5-11)14-15(21)18(10-13(19)20)16(17-14)8-2-3-9-16/h4-7H,2-3,8-10H2,1H3,(H,19,20). The number of amides is 1. The van der Waals surface area contributed by atoms with Crippen LogP contribution in [0.3, 0.4) is 0 Å². The molecule has 1 saturated carbocycles. The highest BCUT2D eigenvalue weighted by Crippen LogP contribution is 2.40. The minimum Gasteiger partial charge on any atom is -0.480 e. The molecule has 0 unspecified atom stereocenters. The van der Waals surface area contributed by atoms with Crippen LogP contribution >= 0.6 is 0 Å². The minimum atomic E-state index is -0.991. The van der Waals surface area contributed by atoms with Gasteiger partial charge in [0, 0.05) is 5.56 Å². The molecular weight excluding hydrogens is 268 g/mol. The summed E-state index contributed by atoms with van der Waals surface area (Å²) in [6.45, 7) is 1.70. The first kappa shape index (κ1) is 13.8. The van der Waals surface area contributed by atoms with Crippen LogP contribution in [0.5, 0.6) is 0 Å². The van der Waals surface area contributed by atoms with Gasteiger partial charge in [-0.3, -0.25) is 14.6 Å². The molecule has 110 valence electrons. The van der Waals surface area contributed by atoms with E-state index in [1.165, 1.54) is 4.90 Å². The highest BCUT2D eigenvalue weighted by atomic mass is 16.4. The highest BCUT2D eigenvalue weighted by molar-refractivity contribution is 6.47. The fraction of sp³-hybridized carbons (Fsp3) is 0.438. The van der Waals surface area contributed by atoms with E-state index in [4.69, 9.17) is 5.11 Å². The first-order valence-electron chi connectivity index (χ1n) is 7.22. The second-order valence-electron chi connectivity index (χ2n) is 5.80. The summed E-state index contributed by atoms with van der Waals surface area (Å²) in [6.07, 6.45) is 3.46. The smallest absolute Gasteiger partial charge is 0.323 e. The Hall–Kier alpha value is -2.17. The molecule has 0 bridgehead atoms. The van der Waals surface area contributed by atoms with Gasteiger partial charge in [-0.05, 0) is 32.6 Å². The zero-order valence-corrected chi connectivity index (χ0v) is 12.0. The summed E-state index contributed by atoms with van der Waals surface area (Å²) in [5, 5.41) is 9.08. The van der Waals surface area contributed by atoms with Crippen LogP contribution in [0.25, 0.3) is 0 Å². The van der Waals surface area contributed by atoms with Gasteiger partial charge in [-0.25, -0.2) is 0 Å². The average molecular weight is 286 g/mol. The fourth-order valence-electron chi connectivity index (χ4n) is 3.21. The van der Waals surface area contributed by atoms with Gasteiger partial charge in [0.05, 0.1) is 0 Å². The summed E-state index contributed by atoms with van der Waals surface area (Å²) < 4.78 is 0. The van der Waals surface area contributed by atoms with Crippen LogP contribution in [-0.4, -0.2) is 39.8 Å². The molecule has 2 aliphatic rings. The topological polar surface area (TPSA) is 70.0 Å². The average Bonchev–Trinajstić information content (AvgIpc) is 3.01. The number of aryl methyl sites for hydroxylation is 1. The van der Waals surface area contributed by atoms with Crippen molar-refractivity contribution in [2.75, 3.05) is 6.54 Å². The van der Waals surface area contributed by atoms with Crippen LogP contribution < -0.4 is 0 Å². The number of aliphatic imine (C=N–C) groups is 1. The van der Waals surface area contributed by atoms with Crippen LogP contribution in [0.1, 0.15) is 36.8 Å². The van der Waals surface area contributed by atoms with Crippen molar-refractivity contribution in [1.82, 2.24) is 4.90 Å². The SMILES string of the molecule is Cc1ccc(C2=NC3(CCCC3)N(CC(=O)O)C2=O)cc1. The van der Waals surface area contributed by atoms with Gasteiger partial charge in [0.2, 0.25) is 0 Å². The van der Waals surface area contributed by atoms with Crippen LogP contribution in [-0.2, 0) is 9.59 Å². The largest absolute Gasteiger partial charge is 0.480 e. The number of carboxylic acid groups (broad SMARTS) is 1. The molecule has 1 aromatic carbocycles. The Morgan fingerprint density at radius 1 is 1.29 bits per heavy atom. The lowest BCUT2D eigenvalue weighted by atomic mass is 10.1. The molecular formula is C16H18N2O3. The number of hydrogen-bond donors (Lipinski definition) is 1. The van der Waals surface area contributed by atoms with Crippen molar-refractivity contribution in [3.8, 4) is 0 Å². The predicted octanol–water partition coefficient (Wildman–Crippen LogP) is 1.98. The van der Waals surface area contributed by atoms with Gasteiger partial charge in [-0.15, -0.1) is 0 Å². The molecule has 1 aliphatic heterocycles. The highest BCUT2D eigenvalue weighted by Gasteiger charge is 2.49. The molecule has 0 aromatic heterocycles. The van der Waals surface area contributed by atoms with Crippen LogP contribution in [0, 0.1) is 6.92 Å². The van der Waals surface area contributed by atoms with Crippen molar-refractivity contribution < 1.29 is 14.7 Å². The number of nitrogens with zero attached hydrogens (tertiary/aromatic N) is 2. The van der Waals surface area contributed by atoms with E-state index in [-0.39, 0.29) is 12.5 Å². The van der Waals surface area contributed by atoms with E-state index in [1.807, 2.05) is 31.2 Å². The van der Waals surface area contributed by atoms with Crippen LogP contribution in [0.15, 0.2) is 29.3 Å². The summed E-state index contributed by atoms with van der Waals surface area (Å²) in [5.41, 5.74) is 1.65. The van der Waals surface area contributed by atoms with Crippen molar-refractivity contribution >= 4 is 17.6 Å². The Kier molecular flexibility index (Phi) is 3.27. The lowest BCUT2D eigenvalue weighted by molar-refractivity contribution is -0.144. The molecule has 1 spiro atoms. The molecule has 1 aliphatic carbocycles. The van der Waals surface area contributed by atoms with Gasteiger partial charge in [-0.1, -0.05) is 29.8 Å². The van der Waals surface area contributed by atoms with Crippen LogP contribution in [0.2, 0.25) is 0 Å². The minimum absolute atomic E-state index is 0.261. The molecule has 1 fully saturated rings. The third kappa shape index (κ3) is 2.33. The third-order valence-electron chi connectivity index (χ3n) is 4.29. The molecule has 3 rings (SSSR count). The maximum atomic E-state index is 12.6. The van der Waals surface area contributed by atoms with Crippen molar-refractivity contribution in [3.63, 3.8) is 0 Å². The third-order valence-corrected chi connectivity index (χ3v) is 4.29. The maximum Gasteiger partial charge on any atom is 0.323 e. The summed E-state index contributed by atoms with van der Waals surface area (Å²) in [5.74, 6) is -1.25. The van der Waals surface area contributed by atoms with Gasteiger partial charge >= 0.3 is 5.97 Å². The van der Waals surface area contributed by atoms with E-state index in [0.717, 1.165) is 36.8 Å². The number of carbonyl (C=O) groups excluding carboxylic acids is 1. The fourth-order valence-corrected chi connectivity index (χ4v) is 3.21. The molecule has 0 atom stereocenters. The molecule has 1 amide bonds. The Labute approximate surface area is 123 Å². The van der Waals surface area contributed by atoms with E-state index >= 15 is 0 Å². The van der Waals surface area contributed by atoms with E-state index in [1.54, 1.807) is 0 Å². The molecule has 21 heavy (non-hydrogen) atoms. The molecule has 1 aromatic rings. The Morgan fingerprint density at radius 3 is 2.48 bits per heavy atom. The van der Waals surface area contributed by atoms with E-state index < -0.39 is 11.6 Å². The first-order valence-corrected chi connectivity index (χ1v) is 7.22. The van der Waals surface area contributed by atoms with E-state index in [9.17, 15) is 9.59 Å². The monoisotopic (exact) mass is 286 g/mol. The Morgan fingerprint density at radius 2 is 1.90 bits per heavy atom. The van der Waals surface area contributed by atoms with Crippen LogP contribution in [0.4, 0.5) is 0 Å². The number of carboxylic acids is 1. The second-order valence-corrected chi connectivity index (χ2v) is 5.80. The van der Waals surface area contributed by atoms with Gasteiger partial charge in [0.25, 0.3) is 5.91 Å². The molecule has 0 radical (unpaired) electrons. The van der Waals surface area contributed by atoms with Crippen molar-refractivity contribution in [2.45, 2.75) is 38.3 Å². The molecule has 1 N–H and O–H groups in total. The number of hydrogen-bond acceptors (Lipinski definition) is 3. The quantitative estimate of drug-likeness (QED) is 0.923.